The largest absolute Gasteiger partial charge is 0.497 e. The summed E-state index contributed by atoms with van der Waals surface area (Å²) in [7, 11) is 1.63. The first kappa shape index (κ1) is 11.0. The SMILES string of the molecule is COc1ccc(CN2CC=C(Cl)C2=O)cc1. The molecule has 1 aromatic rings. The van der Waals surface area contributed by atoms with Gasteiger partial charge in [0.25, 0.3) is 5.91 Å². The lowest BCUT2D eigenvalue weighted by molar-refractivity contribution is -0.125. The summed E-state index contributed by atoms with van der Waals surface area (Å²) in [4.78, 5) is 13.2. The molecule has 1 aliphatic heterocycles. The van der Waals surface area contributed by atoms with Crippen molar-refractivity contribution in [2.45, 2.75) is 6.54 Å². The van der Waals surface area contributed by atoms with Gasteiger partial charge in [-0.05, 0) is 23.8 Å². The molecule has 84 valence electrons. The molecular weight excluding hydrogens is 226 g/mol. The minimum absolute atomic E-state index is 0.0996. The van der Waals surface area contributed by atoms with Crippen molar-refractivity contribution >= 4 is 17.5 Å². The molecule has 0 aromatic heterocycles. The van der Waals surface area contributed by atoms with E-state index in [2.05, 4.69) is 0 Å². The fourth-order valence-electron chi connectivity index (χ4n) is 1.60. The molecule has 0 unspecified atom stereocenters. The Balaban J connectivity index is 2.02. The van der Waals surface area contributed by atoms with Crippen LogP contribution in [-0.2, 0) is 11.3 Å². The van der Waals surface area contributed by atoms with E-state index in [1.165, 1.54) is 0 Å². The Hall–Kier alpha value is -1.48. The first-order valence-corrected chi connectivity index (χ1v) is 5.36. The van der Waals surface area contributed by atoms with Crippen LogP contribution in [0.3, 0.4) is 0 Å². The fraction of sp³-hybridized carbons (Fsp3) is 0.250. The molecule has 1 aromatic carbocycles. The van der Waals surface area contributed by atoms with Gasteiger partial charge in [0.2, 0.25) is 0 Å². The van der Waals surface area contributed by atoms with Crippen LogP contribution in [0.1, 0.15) is 5.56 Å². The van der Waals surface area contributed by atoms with Crippen LogP contribution in [0.25, 0.3) is 0 Å². The van der Waals surface area contributed by atoms with Gasteiger partial charge in [-0.2, -0.15) is 0 Å². The summed E-state index contributed by atoms with van der Waals surface area (Å²) < 4.78 is 5.07. The first-order chi connectivity index (χ1) is 7.70. The number of rotatable bonds is 3. The minimum atomic E-state index is -0.0996. The molecule has 1 aliphatic rings. The number of methoxy groups -OCH3 is 1. The summed E-state index contributed by atoms with van der Waals surface area (Å²) in [6.07, 6.45) is 1.73. The van der Waals surface area contributed by atoms with Gasteiger partial charge in [0.1, 0.15) is 10.8 Å². The third-order valence-electron chi connectivity index (χ3n) is 2.51. The number of nitrogens with zero attached hydrogens (tertiary/aromatic N) is 1. The van der Waals surface area contributed by atoms with Crippen molar-refractivity contribution in [3.05, 3.63) is 40.9 Å². The lowest BCUT2D eigenvalue weighted by Gasteiger charge is -2.15. The maximum absolute atomic E-state index is 11.5. The van der Waals surface area contributed by atoms with Crippen molar-refractivity contribution in [1.82, 2.24) is 4.90 Å². The zero-order chi connectivity index (χ0) is 11.5. The van der Waals surface area contributed by atoms with Crippen molar-refractivity contribution in [1.29, 1.82) is 0 Å². The Bertz CT molecular complexity index is 425. The second kappa shape index (κ2) is 4.58. The Morgan fingerprint density at radius 1 is 1.38 bits per heavy atom. The van der Waals surface area contributed by atoms with Crippen LogP contribution in [0.15, 0.2) is 35.4 Å². The van der Waals surface area contributed by atoms with E-state index in [0.29, 0.717) is 18.1 Å². The number of halogens is 1. The lowest BCUT2D eigenvalue weighted by Crippen LogP contribution is -2.25. The van der Waals surface area contributed by atoms with E-state index in [1.807, 2.05) is 24.3 Å². The summed E-state index contributed by atoms with van der Waals surface area (Å²) in [6, 6.07) is 7.65. The van der Waals surface area contributed by atoms with Gasteiger partial charge in [0.15, 0.2) is 0 Å². The van der Waals surface area contributed by atoms with E-state index in [-0.39, 0.29) is 5.91 Å². The summed E-state index contributed by atoms with van der Waals surface area (Å²) in [6.45, 7) is 1.17. The molecule has 0 radical (unpaired) electrons. The maximum Gasteiger partial charge on any atom is 0.265 e. The van der Waals surface area contributed by atoms with Gasteiger partial charge < -0.3 is 9.64 Å². The van der Waals surface area contributed by atoms with Crippen LogP contribution >= 0.6 is 11.6 Å². The molecule has 0 spiro atoms. The Morgan fingerprint density at radius 2 is 2.06 bits per heavy atom. The number of carbonyl (C=O) groups is 1. The van der Waals surface area contributed by atoms with Crippen molar-refractivity contribution < 1.29 is 9.53 Å². The van der Waals surface area contributed by atoms with E-state index in [9.17, 15) is 4.79 Å². The number of hydrogen-bond donors (Lipinski definition) is 0. The van der Waals surface area contributed by atoms with Crippen LogP contribution < -0.4 is 4.74 Å². The van der Waals surface area contributed by atoms with Gasteiger partial charge >= 0.3 is 0 Å². The molecule has 0 bridgehead atoms. The van der Waals surface area contributed by atoms with Gasteiger partial charge in [-0.25, -0.2) is 0 Å². The predicted molar refractivity (Wildman–Crippen MR) is 62.3 cm³/mol. The van der Waals surface area contributed by atoms with E-state index in [0.717, 1.165) is 11.3 Å². The first-order valence-electron chi connectivity index (χ1n) is 4.98. The molecule has 2 rings (SSSR count). The van der Waals surface area contributed by atoms with Crippen LogP contribution in [0.5, 0.6) is 5.75 Å². The Morgan fingerprint density at radius 3 is 2.56 bits per heavy atom. The minimum Gasteiger partial charge on any atom is -0.497 e. The summed E-state index contributed by atoms with van der Waals surface area (Å²) >= 11 is 5.72. The van der Waals surface area contributed by atoms with Gasteiger partial charge in [-0.1, -0.05) is 23.7 Å². The van der Waals surface area contributed by atoms with Gasteiger partial charge in [-0.15, -0.1) is 0 Å². The average molecular weight is 238 g/mol. The van der Waals surface area contributed by atoms with Crippen molar-refractivity contribution in [3.63, 3.8) is 0 Å². The molecule has 1 amide bonds. The number of benzene rings is 1. The second-order valence-corrected chi connectivity index (χ2v) is 3.99. The van der Waals surface area contributed by atoms with E-state index >= 15 is 0 Å². The quantitative estimate of drug-likeness (QED) is 0.806. The fourth-order valence-corrected chi connectivity index (χ4v) is 1.79. The zero-order valence-corrected chi connectivity index (χ0v) is 9.70. The lowest BCUT2D eigenvalue weighted by atomic mass is 10.2. The highest BCUT2D eigenvalue weighted by Crippen LogP contribution is 2.19. The Labute approximate surface area is 99.3 Å². The molecular formula is C12H12ClNO2. The van der Waals surface area contributed by atoms with Crippen LogP contribution in [0.2, 0.25) is 0 Å². The summed E-state index contributed by atoms with van der Waals surface area (Å²) in [5.74, 6) is 0.713. The molecule has 0 N–H and O–H groups in total. The molecule has 0 saturated heterocycles. The highest BCUT2D eigenvalue weighted by molar-refractivity contribution is 6.42. The normalized spacial score (nSPS) is 15.2. The molecule has 0 atom stereocenters. The van der Waals surface area contributed by atoms with Crippen LogP contribution in [0.4, 0.5) is 0 Å². The maximum atomic E-state index is 11.5. The highest BCUT2D eigenvalue weighted by atomic mass is 35.5. The second-order valence-electron chi connectivity index (χ2n) is 3.59. The molecule has 0 saturated carbocycles. The monoisotopic (exact) mass is 237 g/mol. The van der Waals surface area contributed by atoms with Crippen molar-refractivity contribution in [2.24, 2.45) is 0 Å². The number of ether oxygens (including phenoxy) is 1. The number of amides is 1. The van der Waals surface area contributed by atoms with Crippen LogP contribution in [0, 0.1) is 0 Å². The van der Waals surface area contributed by atoms with Crippen molar-refractivity contribution in [3.8, 4) is 5.75 Å². The van der Waals surface area contributed by atoms with Crippen molar-refractivity contribution in [2.75, 3.05) is 13.7 Å². The smallest absolute Gasteiger partial charge is 0.265 e. The average Bonchev–Trinajstić information content (AvgIpc) is 2.62. The third-order valence-corrected chi connectivity index (χ3v) is 2.83. The molecule has 0 fully saturated rings. The van der Waals surface area contributed by atoms with Crippen LogP contribution in [-0.4, -0.2) is 24.5 Å². The van der Waals surface area contributed by atoms with E-state index < -0.39 is 0 Å². The molecule has 16 heavy (non-hydrogen) atoms. The van der Waals surface area contributed by atoms with E-state index in [1.54, 1.807) is 18.1 Å². The van der Waals surface area contributed by atoms with Gasteiger partial charge in [0.05, 0.1) is 7.11 Å². The van der Waals surface area contributed by atoms with Gasteiger partial charge in [-0.3, -0.25) is 4.79 Å². The summed E-state index contributed by atoms with van der Waals surface area (Å²) in [5.41, 5.74) is 1.06. The molecule has 4 heteroatoms. The standard InChI is InChI=1S/C12H12ClNO2/c1-16-10-4-2-9(3-5-10)8-14-7-6-11(13)12(14)15/h2-6H,7-8H2,1H3. The predicted octanol–water partition coefficient (Wildman–Crippen LogP) is 2.16. The number of carbonyl (C=O) groups excluding carboxylic acids is 1. The zero-order valence-electron chi connectivity index (χ0n) is 8.94. The topological polar surface area (TPSA) is 29.5 Å². The molecule has 3 nitrogen and oxygen atoms in total. The molecule has 1 heterocycles. The molecule has 0 aliphatic carbocycles. The van der Waals surface area contributed by atoms with E-state index in [4.69, 9.17) is 16.3 Å². The van der Waals surface area contributed by atoms with Gasteiger partial charge in [0, 0.05) is 13.1 Å². The third kappa shape index (κ3) is 2.19. The summed E-state index contributed by atoms with van der Waals surface area (Å²) in [5, 5.41) is 0.313. The number of hydrogen-bond acceptors (Lipinski definition) is 2. The highest BCUT2D eigenvalue weighted by Gasteiger charge is 2.21. The Kier molecular flexibility index (Phi) is 3.15.